The molecule has 0 fully saturated rings. The first kappa shape index (κ1) is 13.5. The van der Waals surface area contributed by atoms with E-state index in [9.17, 15) is 0 Å². The SMILES string of the molecule is CNC(CCCl)c1ccc(C(C)(C)C)cc1. The predicted molar refractivity (Wildman–Crippen MR) is 72.3 cm³/mol. The van der Waals surface area contributed by atoms with Crippen LogP contribution in [0.4, 0.5) is 0 Å². The van der Waals surface area contributed by atoms with Crippen LogP contribution in [0.2, 0.25) is 0 Å². The van der Waals surface area contributed by atoms with Gasteiger partial charge in [0.1, 0.15) is 0 Å². The van der Waals surface area contributed by atoms with Gasteiger partial charge in [-0.25, -0.2) is 0 Å². The molecule has 1 aromatic carbocycles. The Morgan fingerprint density at radius 2 is 1.75 bits per heavy atom. The maximum Gasteiger partial charge on any atom is 0.0328 e. The highest BCUT2D eigenvalue weighted by Crippen LogP contribution is 2.24. The Labute approximate surface area is 104 Å². The van der Waals surface area contributed by atoms with Crippen LogP contribution in [0.15, 0.2) is 24.3 Å². The lowest BCUT2D eigenvalue weighted by Gasteiger charge is -2.21. The maximum absolute atomic E-state index is 5.79. The maximum atomic E-state index is 5.79. The number of benzene rings is 1. The molecule has 0 spiro atoms. The van der Waals surface area contributed by atoms with Crippen LogP contribution in [0.3, 0.4) is 0 Å². The van der Waals surface area contributed by atoms with E-state index in [1.54, 1.807) is 0 Å². The second-order valence-corrected chi connectivity index (χ2v) is 5.57. The van der Waals surface area contributed by atoms with Crippen LogP contribution in [-0.4, -0.2) is 12.9 Å². The molecule has 0 bridgehead atoms. The van der Waals surface area contributed by atoms with Crippen molar-refractivity contribution < 1.29 is 0 Å². The topological polar surface area (TPSA) is 12.0 Å². The van der Waals surface area contributed by atoms with E-state index in [1.807, 2.05) is 7.05 Å². The lowest BCUT2D eigenvalue weighted by atomic mass is 9.86. The minimum Gasteiger partial charge on any atom is -0.313 e. The molecule has 1 atom stereocenters. The summed E-state index contributed by atoms with van der Waals surface area (Å²) in [7, 11) is 1.98. The first-order valence-electron chi connectivity index (χ1n) is 5.82. The second kappa shape index (κ2) is 5.70. The van der Waals surface area contributed by atoms with Crippen molar-refractivity contribution >= 4 is 11.6 Å². The Hall–Kier alpha value is -0.530. The molecule has 2 heteroatoms. The zero-order chi connectivity index (χ0) is 12.2. The van der Waals surface area contributed by atoms with Gasteiger partial charge in [-0.2, -0.15) is 0 Å². The fraction of sp³-hybridized carbons (Fsp3) is 0.571. The van der Waals surface area contributed by atoms with Gasteiger partial charge in [-0.3, -0.25) is 0 Å². The van der Waals surface area contributed by atoms with Gasteiger partial charge < -0.3 is 5.32 Å². The fourth-order valence-electron chi connectivity index (χ4n) is 1.80. The molecular formula is C14H22ClN. The molecule has 1 aromatic rings. The highest BCUT2D eigenvalue weighted by molar-refractivity contribution is 6.17. The second-order valence-electron chi connectivity index (χ2n) is 5.19. The standard InChI is InChI=1S/C14H22ClN/c1-14(2,3)12-7-5-11(6-8-12)13(16-4)9-10-15/h5-8,13,16H,9-10H2,1-4H3. The lowest BCUT2D eigenvalue weighted by Crippen LogP contribution is -2.17. The zero-order valence-electron chi connectivity index (χ0n) is 10.7. The fourth-order valence-corrected chi connectivity index (χ4v) is 2.02. The normalized spacial score (nSPS) is 13.8. The van der Waals surface area contributed by atoms with Gasteiger partial charge in [0.15, 0.2) is 0 Å². The average molecular weight is 240 g/mol. The van der Waals surface area contributed by atoms with Crippen molar-refractivity contribution in [1.82, 2.24) is 5.32 Å². The number of hydrogen-bond acceptors (Lipinski definition) is 1. The summed E-state index contributed by atoms with van der Waals surface area (Å²) in [6, 6.07) is 9.20. The van der Waals surface area contributed by atoms with E-state index < -0.39 is 0 Å². The van der Waals surface area contributed by atoms with Gasteiger partial charge in [0, 0.05) is 11.9 Å². The van der Waals surface area contributed by atoms with E-state index in [0.29, 0.717) is 11.9 Å². The zero-order valence-corrected chi connectivity index (χ0v) is 11.4. The van der Waals surface area contributed by atoms with Crippen LogP contribution in [0.1, 0.15) is 44.4 Å². The van der Waals surface area contributed by atoms with Crippen molar-refractivity contribution in [2.45, 2.75) is 38.6 Å². The molecule has 0 heterocycles. The number of hydrogen-bond donors (Lipinski definition) is 1. The first-order chi connectivity index (χ1) is 7.49. The predicted octanol–water partition coefficient (Wildman–Crippen LogP) is 3.87. The average Bonchev–Trinajstić information content (AvgIpc) is 2.25. The van der Waals surface area contributed by atoms with Crippen LogP contribution >= 0.6 is 11.6 Å². The van der Waals surface area contributed by atoms with Gasteiger partial charge in [-0.05, 0) is 30.0 Å². The third-order valence-corrected chi connectivity index (χ3v) is 3.14. The van der Waals surface area contributed by atoms with Crippen molar-refractivity contribution in [2.75, 3.05) is 12.9 Å². The summed E-state index contributed by atoms with van der Waals surface area (Å²) in [5.41, 5.74) is 2.91. The summed E-state index contributed by atoms with van der Waals surface area (Å²) in [4.78, 5) is 0. The van der Waals surface area contributed by atoms with Crippen LogP contribution in [0.25, 0.3) is 0 Å². The quantitative estimate of drug-likeness (QED) is 0.787. The molecule has 1 N–H and O–H groups in total. The Morgan fingerprint density at radius 3 is 2.12 bits per heavy atom. The van der Waals surface area contributed by atoms with Crippen LogP contribution < -0.4 is 5.32 Å². The number of nitrogens with one attached hydrogen (secondary N) is 1. The molecule has 0 aliphatic rings. The molecule has 90 valence electrons. The Bertz CT molecular complexity index is 311. The lowest BCUT2D eigenvalue weighted by molar-refractivity contribution is 0.573. The molecule has 0 aromatic heterocycles. The van der Waals surface area contributed by atoms with E-state index in [2.05, 4.69) is 50.4 Å². The minimum absolute atomic E-state index is 0.222. The third-order valence-electron chi connectivity index (χ3n) is 2.93. The van der Waals surface area contributed by atoms with E-state index >= 15 is 0 Å². The molecule has 0 aliphatic heterocycles. The highest BCUT2D eigenvalue weighted by atomic mass is 35.5. The molecule has 0 saturated heterocycles. The molecule has 0 radical (unpaired) electrons. The number of halogens is 1. The van der Waals surface area contributed by atoms with Crippen molar-refractivity contribution in [2.24, 2.45) is 0 Å². The van der Waals surface area contributed by atoms with Gasteiger partial charge in [0.05, 0.1) is 0 Å². The Morgan fingerprint density at radius 1 is 1.19 bits per heavy atom. The van der Waals surface area contributed by atoms with Gasteiger partial charge in [-0.15, -0.1) is 11.6 Å². The summed E-state index contributed by atoms with van der Waals surface area (Å²) >= 11 is 5.79. The van der Waals surface area contributed by atoms with Crippen LogP contribution in [0.5, 0.6) is 0 Å². The van der Waals surface area contributed by atoms with Crippen molar-refractivity contribution in [1.29, 1.82) is 0 Å². The van der Waals surface area contributed by atoms with Crippen molar-refractivity contribution in [3.63, 3.8) is 0 Å². The summed E-state index contributed by atoms with van der Waals surface area (Å²) in [5, 5.41) is 3.29. The van der Waals surface area contributed by atoms with E-state index in [0.717, 1.165) is 6.42 Å². The van der Waals surface area contributed by atoms with Crippen molar-refractivity contribution in [3.05, 3.63) is 35.4 Å². The summed E-state index contributed by atoms with van der Waals surface area (Å²) in [5.74, 6) is 0.687. The Kier molecular flexibility index (Phi) is 4.82. The van der Waals surface area contributed by atoms with Gasteiger partial charge in [-0.1, -0.05) is 45.0 Å². The summed E-state index contributed by atoms with van der Waals surface area (Å²) < 4.78 is 0. The highest BCUT2D eigenvalue weighted by Gasteiger charge is 2.14. The molecule has 0 aliphatic carbocycles. The smallest absolute Gasteiger partial charge is 0.0328 e. The molecule has 0 saturated carbocycles. The Balaban J connectivity index is 2.85. The molecule has 1 nitrogen and oxygen atoms in total. The molecule has 1 unspecified atom stereocenters. The van der Waals surface area contributed by atoms with E-state index in [-0.39, 0.29) is 5.41 Å². The van der Waals surface area contributed by atoms with Gasteiger partial charge in [0.2, 0.25) is 0 Å². The van der Waals surface area contributed by atoms with Gasteiger partial charge >= 0.3 is 0 Å². The summed E-state index contributed by atoms with van der Waals surface area (Å²) in [6.07, 6.45) is 0.965. The first-order valence-corrected chi connectivity index (χ1v) is 6.36. The summed E-state index contributed by atoms with van der Waals surface area (Å²) in [6.45, 7) is 6.70. The third kappa shape index (κ3) is 3.50. The van der Waals surface area contributed by atoms with Gasteiger partial charge in [0.25, 0.3) is 0 Å². The number of alkyl halides is 1. The molecular weight excluding hydrogens is 218 g/mol. The van der Waals surface area contributed by atoms with E-state index in [4.69, 9.17) is 11.6 Å². The van der Waals surface area contributed by atoms with Crippen LogP contribution in [0, 0.1) is 0 Å². The monoisotopic (exact) mass is 239 g/mol. The molecule has 16 heavy (non-hydrogen) atoms. The van der Waals surface area contributed by atoms with Crippen molar-refractivity contribution in [3.8, 4) is 0 Å². The number of rotatable bonds is 4. The van der Waals surface area contributed by atoms with E-state index in [1.165, 1.54) is 11.1 Å². The largest absolute Gasteiger partial charge is 0.313 e. The minimum atomic E-state index is 0.222. The molecule has 0 amide bonds. The molecule has 1 rings (SSSR count). The van der Waals surface area contributed by atoms with Crippen LogP contribution in [-0.2, 0) is 5.41 Å².